The second-order valence-electron chi connectivity index (χ2n) is 3.33. The molecule has 1 amide bonds. The number of nitrogens with zero attached hydrogens (tertiary/aromatic N) is 1. The van der Waals surface area contributed by atoms with Gasteiger partial charge in [0, 0.05) is 17.0 Å². The highest BCUT2D eigenvalue weighted by Crippen LogP contribution is 2.24. The number of hydrogen-bond acceptors (Lipinski definition) is 5. The van der Waals surface area contributed by atoms with E-state index in [1.54, 1.807) is 0 Å². The first kappa shape index (κ1) is 13.8. The predicted octanol–water partition coefficient (Wildman–Crippen LogP) is 1.26. The van der Waals surface area contributed by atoms with Gasteiger partial charge in [-0.3, -0.25) is 19.7 Å². The van der Waals surface area contributed by atoms with Crippen molar-refractivity contribution in [2.45, 2.75) is 13.0 Å². The Balaban J connectivity index is 2.60. The van der Waals surface area contributed by atoms with Crippen LogP contribution in [0.5, 0.6) is 0 Å². The lowest BCUT2D eigenvalue weighted by atomic mass is 10.3. The quantitative estimate of drug-likeness (QED) is 0.475. The van der Waals surface area contributed by atoms with Crippen molar-refractivity contribution in [3.63, 3.8) is 0 Å². The van der Waals surface area contributed by atoms with Crippen LogP contribution in [0.4, 0.5) is 5.00 Å². The first-order valence-electron chi connectivity index (χ1n) is 4.85. The second-order valence-corrected chi connectivity index (χ2v) is 4.43. The molecule has 8 heteroatoms. The number of hydrogen-bond donors (Lipinski definition) is 2. The van der Waals surface area contributed by atoms with Crippen LogP contribution in [0.1, 0.15) is 11.8 Å². The normalized spacial score (nSPS) is 12.3. The molecule has 0 saturated carbocycles. The molecule has 1 aromatic heterocycles. The van der Waals surface area contributed by atoms with E-state index in [-0.39, 0.29) is 5.00 Å². The van der Waals surface area contributed by atoms with Crippen LogP contribution in [0.3, 0.4) is 0 Å². The summed E-state index contributed by atoms with van der Waals surface area (Å²) < 4.78 is 0. The molecule has 0 spiro atoms. The molecule has 0 aromatic carbocycles. The largest absolute Gasteiger partial charge is 0.480 e. The Hall–Kier alpha value is -2.22. The summed E-state index contributed by atoms with van der Waals surface area (Å²) in [5.74, 6) is -1.70. The van der Waals surface area contributed by atoms with Gasteiger partial charge in [-0.25, -0.2) is 0 Å². The van der Waals surface area contributed by atoms with Crippen molar-refractivity contribution < 1.29 is 19.6 Å². The first-order valence-corrected chi connectivity index (χ1v) is 5.67. The lowest BCUT2D eigenvalue weighted by molar-refractivity contribution is -0.380. The fourth-order valence-corrected chi connectivity index (χ4v) is 1.74. The molecule has 2 N–H and O–H groups in total. The molecule has 1 atom stereocenters. The zero-order valence-corrected chi connectivity index (χ0v) is 10.1. The Morgan fingerprint density at radius 1 is 1.56 bits per heavy atom. The SMILES string of the molecule is CC(NC(=O)/C=C/c1ccc([N+](=O)[O-])s1)C(=O)O. The number of amides is 1. The number of carbonyl (C=O) groups excluding carboxylic acids is 1. The van der Waals surface area contributed by atoms with Crippen LogP contribution in [-0.4, -0.2) is 27.9 Å². The molecule has 1 heterocycles. The van der Waals surface area contributed by atoms with Crippen LogP contribution in [0, 0.1) is 10.1 Å². The number of carbonyl (C=O) groups is 2. The lowest BCUT2D eigenvalue weighted by Crippen LogP contribution is -2.37. The summed E-state index contributed by atoms with van der Waals surface area (Å²) in [5, 5.41) is 21.2. The second kappa shape index (κ2) is 5.92. The van der Waals surface area contributed by atoms with Gasteiger partial charge in [-0.05, 0) is 19.1 Å². The lowest BCUT2D eigenvalue weighted by Gasteiger charge is -2.05. The van der Waals surface area contributed by atoms with Crippen molar-refractivity contribution in [3.8, 4) is 0 Å². The number of nitrogens with one attached hydrogen (secondary N) is 1. The van der Waals surface area contributed by atoms with E-state index in [9.17, 15) is 19.7 Å². The van der Waals surface area contributed by atoms with Crippen molar-refractivity contribution in [1.29, 1.82) is 0 Å². The van der Waals surface area contributed by atoms with Crippen LogP contribution in [0.2, 0.25) is 0 Å². The van der Waals surface area contributed by atoms with Gasteiger partial charge in [0.1, 0.15) is 6.04 Å². The van der Waals surface area contributed by atoms with Gasteiger partial charge in [0.25, 0.3) is 0 Å². The summed E-state index contributed by atoms with van der Waals surface area (Å²) in [5.41, 5.74) is 0. The number of rotatable bonds is 5. The van der Waals surface area contributed by atoms with Crippen molar-refractivity contribution in [1.82, 2.24) is 5.32 Å². The molecule has 0 fully saturated rings. The number of carboxylic acids is 1. The van der Waals surface area contributed by atoms with Crippen LogP contribution < -0.4 is 5.32 Å². The van der Waals surface area contributed by atoms with Gasteiger partial charge >= 0.3 is 11.0 Å². The fraction of sp³-hybridized carbons (Fsp3) is 0.200. The summed E-state index contributed by atoms with van der Waals surface area (Å²) in [7, 11) is 0. The molecule has 7 nitrogen and oxygen atoms in total. The Morgan fingerprint density at radius 2 is 2.22 bits per heavy atom. The highest BCUT2D eigenvalue weighted by molar-refractivity contribution is 7.16. The third kappa shape index (κ3) is 3.98. The molecule has 0 aliphatic carbocycles. The minimum atomic E-state index is -1.14. The van der Waals surface area contributed by atoms with E-state index in [1.807, 2.05) is 0 Å². The van der Waals surface area contributed by atoms with Gasteiger partial charge in [0.05, 0.1) is 4.92 Å². The summed E-state index contributed by atoms with van der Waals surface area (Å²) in [6.07, 6.45) is 2.52. The molecule has 1 unspecified atom stereocenters. The van der Waals surface area contributed by atoms with E-state index in [2.05, 4.69) is 5.32 Å². The molecule has 18 heavy (non-hydrogen) atoms. The van der Waals surface area contributed by atoms with Gasteiger partial charge in [0.2, 0.25) is 5.91 Å². The maximum absolute atomic E-state index is 11.3. The standard InChI is InChI=1S/C10H10N2O5S/c1-6(10(14)15)11-8(13)4-2-7-3-5-9(18-7)12(16)17/h2-6H,1H3,(H,11,13)(H,14,15)/b4-2+. The van der Waals surface area contributed by atoms with Crippen molar-refractivity contribution in [3.05, 3.63) is 33.2 Å². The third-order valence-electron chi connectivity index (χ3n) is 1.92. The van der Waals surface area contributed by atoms with Crippen molar-refractivity contribution in [2.75, 3.05) is 0 Å². The Morgan fingerprint density at radius 3 is 2.72 bits per heavy atom. The number of aliphatic carboxylic acids is 1. The van der Waals surface area contributed by atoms with Crippen LogP contribution in [0.25, 0.3) is 6.08 Å². The van der Waals surface area contributed by atoms with E-state index in [0.717, 1.165) is 17.4 Å². The molecular formula is C10H10N2O5S. The van der Waals surface area contributed by atoms with Gasteiger partial charge in [-0.15, -0.1) is 0 Å². The Bertz CT molecular complexity index is 508. The molecule has 1 aromatic rings. The van der Waals surface area contributed by atoms with E-state index in [4.69, 9.17) is 5.11 Å². The molecule has 0 aliphatic rings. The van der Waals surface area contributed by atoms with Crippen molar-refractivity contribution >= 4 is 34.3 Å². The average molecular weight is 270 g/mol. The minimum absolute atomic E-state index is 0.0195. The molecule has 0 radical (unpaired) electrons. The maximum atomic E-state index is 11.3. The summed E-state index contributed by atoms with van der Waals surface area (Å²) in [6.45, 7) is 1.34. The van der Waals surface area contributed by atoms with E-state index < -0.39 is 22.8 Å². The third-order valence-corrected chi connectivity index (χ3v) is 2.92. The molecule has 0 aliphatic heterocycles. The van der Waals surface area contributed by atoms with Gasteiger partial charge < -0.3 is 10.4 Å². The number of carboxylic acid groups (broad SMARTS) is 1. The van der Waals surface area contributed by atoms with Crippen LogP contribution in [0.15, 0.2) is 18.2 Å². The highest BCUT2D eigenvalue weighted by atomic mass is 32.1. The zero-order valence-electron chi connectivity index (χ0n) is 9.32. The highest BCUT2D eigenvalue weighted by Gasteiger charge is 2.12. The van der Waals surface area contributed by atoms with Crippen LogP contribution in [-0.2, 0) is 9.59 Å². The van der Waals surface area contributed by atoms with E-state index >= 15 is 0 Å². The monoisotopic (exact) mass is 270 g/mol. The first-order chi connectivity index (χ1) is 8.40. The molecular weight excluding hydrogens is 260 g/mol. The molecule has 96 valence electrons. The summed E-state index contributed by atoms with van der Waals surface area (Å²) in [6, 6.07) is 1.86. The van der Waals surface area contributed by atoms with Gasteiger partial charge in [0.15, 0.2) is 0 Å². The smallest absolute Gasteiger partial charge is 0.325 e. The predicted molar refractivity (Wildman–Crippen MR) is 65.2 cm³/mol. The van der Waals surface area contributed by atoms with E-state index in [0.29, 0.717) is 4.88 Å². The summed E-state index contributed by atoms with van der Waals surface area (Å²) in [4.78, 5) is 32.2. The van der Waals surface area contributed by atoms with Crippen LogP contribution >= 0.6 is 11.3 Å². The molecule has 0 saturated heterocycles. The fourth-order valence-electron chi connectivity index (χ4n) is 1.01. The minimum Gasteiger partial charge on any atom is -0.480 e. The van der Waals surface area contributed by atoms with Gasteiger partial charge in [-0.1, -0.05) is 11.3 Å². The van der Waals surface area contributed by atoms with Gasteiger partial charge in [-0.2, -0.15) is 0 Å². The topological polar surface area (TPSA) is 110 Å². The zero-order chi connectivity index (χ0) is 13.7. The summed E-state index contributed by atoms with van der Waals surface area (Å²) >= 11 is 0.926. The molecule has 0 bridgehead atoms. The number of nitro groups is 1. The maximum Gasteiger partial charge on any atom is 0.325 e. The van der Waals surface area contributed by atoms with E-state index in [1.165, 1.54) is 25.1 Å². The Kier molecular flexibility index (Phi) is 4.55. The number of thiophene rings is 1. The Labute approximate surface area is 106 Å². The molecule has 1 rings (SSSR count). The van der Waals surface area contributed by atoms with Crippen molar-refractivity contribution in [2.24, 2.45) is 0 Å². The average Bonchev–Trinajstić information content (AvgIpc) is 2.74.